The molecule has 0 aliphatic heterocycles. The van der Waals surface area contributed by atoms with Gasteiger partial charge in [-0.2, -0.15) is 0 Å². The minimum Gasteiger partial charge on any atom is -0.302 e. The summed E-state index contributed by atoms with van der Waals surface area (Å²) < 4.78 is 1.35. The van der Waals surface area contributed by atoms with Crippen molar-refractivity contribution >= 4 is 11.8 Å². The van der Waals surface area contributed by atoms with Crippen molar-refractivity contribution in [2.45, 2.75) is 69.2 Å². The van der Waals surface area contributed by atoms with Crippen molar-refractivity contribution in [1.82, 2.24) is 9.55 Å². The largest absolute Gasteiger partial charge is 0.329 e. The van der Waals surface area contributed by atoms with Gasteiger partial charge in [0.2, 0.25) is 0 Å². The summed E-state index contributed by atoms with van der Waals surface area (Å²) in [5.41, 5.74) is -0.441. The Labute approximate surface area is 124 Å². The quantitative estimate of drug-likeness (QED) is 0.671. The van der Waals surface area contributed by atoms with E-state index in [9.17, 15) is 9.59 Å². The van der Waals surface area contributed by atoms with Crippen LogP contribution in [0.25, 0.3) is 0 Å². The van der Waals surface area contributed by atoms with Gasteiger partial charge in [-0.1, -0.05) is 46.0 Å². The fourth-order valence-electron chi connectivity index (χ4n) is 2.82. The van der Waals surface area contributed by atoms with Gasteiger partial charge in [0.15, 0.2) is 0 Å². The maximum atomic E-state index is 12.0. The number of rotatable bonds is 5. The predicted octanol–water partition coefficient (Wildman–Crippen LogP) is 3.01. The number of thioether (sulfide) groups is 1. The first kappa shape index (κ1) is 15.4. The highest BCUT2D eigenvalue weighted by atomic mass is 32.2. The average molecular weight is 296 g/mol. The lowest BCUT2D eigenvalue weighted by Gasteiger charge is -2.21. The third-order valence-corrected chi connectivity index (χ3v) is 4.79. The maximum absolute atomic E-state index is 12.0. The predicted molar refractivity (Wildman–Crippen MR) is 83.5 cm³/mol. The Bertz CT molecular complexity index is 510. The van der Waals surface area contributed by atoms with E-state index < -0.39 is 0 Å². The van der Waals surface area contributed by atoms with Crippen LogP contribution < -0.4 is 11.2 Å². The molecule has 4 nitrogen and oxygen atoms in total. The summed E-state index contributed by atoms with van der Waals surface area (Å²) in [5, 5.41) is 1.02. The summed E-state index contributed by atoms with van der Waals surface area (Å²) in [7, 11) is 0. The Morgan fingerprint density at radius 2 is 2.00 bits per heavy atom. The lowest BCUT2D eigenvalue weighted by molar-refractivity contribution is 0.320. The third-order valence-electron chi connectivity index (χ3n) is 3.84. The van der Waals surface area contributed by atoms with Gasteiger partial charge in [-0.05, 0) is 12.3 Å². The van der Waals surface area contributed by atoms with E-state index in [2.05, 4.69) is 4.98 Å². The number of hydrogen-bond acceptors (Lipinski definition) is 3. The molecule has 112 valence electrons. The van der Waals surface area contributed by atoms with Crippen molar-refractivity contribution < 1.29 is 0 Å². The minimum atomic E-state index is -0.267. The molecule has 0 spiro atoms. The number of aromatic amines is 1. The second kappa shape index (κ2) is 7.16. The lowest BCUT2D eigenvalue weighted by Crippen LogP contribution is -2.35. The molecular formula is C15H24N2O2S. The average Bonchev–Trinajstić information content (AvgIpc) is 2.38. The molecule has 0 saturated heterocycles. The van der Waals surface area contributed by atoms with Crippen LogP contribution in [0, 0.1) is 5.92 Å². The summed E-state index contributed by atoms with van der Waals surface area (Å²) in [5.74, 6) is 0.680. The first-order valence-electron chi connectivity index (χ1n) is 7.57. The Morgan fingerprint density at radius 1 is 1.30 bits per heavy atom. The van der Waals surface area contributed by atoms with Gasteiger partial charge < -0.3 is 4.98 Å². The molecule has 0 aromatic carbocycles. The molecular weight excluding hydrogens is 272 g/mol. The Balaban J connectivity index is 2.04. The molecule has 0 unspecified atom stereocenters. The van der Waals surface area contributed by atoms with Crippen molar-refractivity contribution in [3.63, 3.8) is 0 Å². The molecule has 0 atom stereocenters. The smallest absolute Gasteiger partial charge is 0.302 e. The van der Waals surface area contributed by atoms with Crippen molar-refractivity contribution in [2.24, 2.45) is 5.92 Å². The van der Waals surface area contributed by atoms with Gasteiger partial charge >= 0.3 is 5.69 Å². The van der Waals surface area contributed by atoms with Gasteiger partial charge in [-0.15, -0.1) is 11.8 Å². The van der Waals surface area contributed by atoms with Crippen LogP contribution >= 0.6 is 11.8 Å². The first-order valence-corrected chi connectivity index (χ1v) is 8.45. The van der Waals surface area contributed by atoms with Gasteiger partial charge in [0.1, 0.15) is 0 Å². The van der Waals surface area contributed by atoms with E-state index in [1.54, 1.807) is 6.07 Å². The van der Waals surface area contributed by atoms with Crippen LogP contribution in [0.1, 0.15) is 52.4 Å². The summed E-state index contributed by atoms with van der Waals surface area (Å²) >= 11 is 1.51. The molecule has 2 rings (SSSR count). The number of nitrogens with one attached hydrogen (secondary N) is 1. The molecule has 1 heterocycles. The highest BCUT2D eigenvalue weighted by molar-refractivity contribution is 7.99. The van der Waals surface area contributed by atoms with Crippen molar-refractivity contribution in [1.29, 1.82) is 0 Å². The molecule has 0 bridgehead atoms. The summed E-state index contributed by atoms with van der Waals surface area (Å²) in [4.78, 5) is 26.9. The van der Waals surface area contributed by atoms with E-state index in [0.717, 1.165) is 6.42 Å². The maximum Gasteiger partial charge on any atom is 0.329 e. The normalized spacial score (nSPS) is 16.8. The van der Waals surface area contributed by atoms with Crippen LogP contribution in [-0.2, 0) is 6.54 Å². The monoisotopic (exact) mass is 296 g/mol. The van der Waals surface area contributed by atoms with Crippen LogP contribution in [0.4, 0.5) is 0 Å². The second-order valence-corrected chi connectivity index (χ2v) is 7.51. The molecule has 1 aliphatic carbocycles. The zero-order chi connectivity index (χ0) is 14.5. The Morgan fingerprint density at radius 3 is 2.60 bits per heavy atom. The van der Waals surface area contributed by atoms with Crippen LogP contribution in [0.5, 0.6) is 0 Å². The summed E-state index contributed by atoms with van der Waals surface area (Å²) in [6.45, 7) is 4.63. The van der Waals surface area contributed by atoms with E-state index in [0.29, 0.717) is 22.7 Å². The summed E-state index contributed by atoms with van der Waals surface area (Å²) in [6.07, 6.45) is 7.35. The number of H-pyrrole nitrogens is 1. The highest BCUT2D eigenvalue weighted by Gasteiger charge is 2.14. The second-order valence-electron chi connectivity index (χ2n) is 5.89. The van der Waals surface area contributed by atoms with Gasteiger partial charge in [-0.25, -0.2) is 4.79 Å². The van der Waals surface area contributed by atoms with Gasteiger partial charge in [-0.3, -0.25) is 9.36 Å². The Kier molecular flexibility index (Phi) is 5.52. The van der Waals surface area contributed by atoms with Crippen LogP contribution in [0.2, 0.25) is 0 Å². The first-order chi connectivity index (χ1) is 9.56. The topological polar surface area (TPSA) is 54.9 Å². The molecule has 1 saturated carbocycles. The number of nitrogens with zero attached hydrogens (tertiary/aromatic N) is 1. The molecule has 1 aromatic rings. The van der Waals surface area contributed by atoms with Crippen LogP contribution in [-0.4, -0.2) is 14.8 Å². The van der Waals surface area contributed by atoms with Gasteiger partial charge in [0, 0.05) is 17.9 Å². The summed E-state index contributed by atoms with van der Waals surface area (Å²) in [6, 6.07) is 1.55. The zero-order valence-electron chi connectivity index (χ0n) is 12.4. The van der Waals surface area contributed by atoms with Crippen molar-refractivity contribution in [2.75, 3.05) is 0 Å². The molecule has 0 radical (unpaired) electrons. The van der Waals surface area contributed by atoms with Crippen molar-refractivity contribution in [3.05, 3.63) is 26.9 Å². The molecule has 1 N–H and O–H groups in total. The van der Waals surface area contributed by atoms with E-state index in [-0.39, 0.29) is 11.2 Å². The lowest BCUT2D eigenvalue weighted by atomic mass is 9.87. The van der Waals surface area contributed by atoms with Crippen molar-refractivity contribution in [3.8, 4) is 0 Å². The van der Waals surface area contributed by atoms with Gasteiger partial charge in [0.25, 0.3) is 5.56 Å². The number of aromatic nitrogens is 2. The minimum absolute atomic E-state index is 0.173. The molecule has 5 heteroatoms. The molecule has 1 aromatic heterocycles. The molecule has 1 fully saturated rings. The van der Waals surface area contributed by atoms with E-state index in [1.807, 2.05) is 13.8 Å². The SMILES string of the molecule is CC(C)Sc1cc(=O)n(CCC2CCCCC2)c(=O)[nH]1. The zero-order valence-corrected chi connectivity index (χ0v) is 13.2. The molecule has 1 aliphatic rings. The third kappa shape index (κ3) is 4.27. The fourth-order valence-corrected chi connectivity index (χ4v) is 3.64. The molecule has 0 amide bonds. The van der Waals surface area contributed by atoms with E-state index in [1.165, 1.54) is 48.4 Å². The van der Waals surface area contributed by atoms with Crippen LogP contribution in [0.3, 0.4) is 0 Å². The fraction of sp³-hybridized carbons (Fsp3) is 0.733. The van der Waals surface area contributed by atoms with Gasteiger partial charge in [0.05, 0.1) is 5.03 Å². The van der Waals surface area contributed by atoms with E-state index in [4.69, 9.17) is 0 Å². The van der Waals surface area contributed by atoms with Crippen LogP contribution in [0.15, 0.2) is 20.7 Å². The Hall–Kier alpha value is -0.970. The highest BCUT2D eigenvalue weighted by Crippen LogP contribution is 2.26. The van der Waals surface area contributed by atoms with E-state index >= 15 is 0 Å². The molecule has 20 heavy (non-hydrogen) atoms. The number of hydrogen-bond donors (Lipinski definition) is 1. The standard InChI is InChI=1S/C15H24N2O2S/c1-11(2)20-13-10-14(18)17(15(19)16-13)9-8-12-6-4-3-5-7-12/h10-12H,3-9H2,1-2H3,(H,16,19).